The monoisotopic (exact) mass is 329 g/mol. The average molecular weight is 329 g/mol. The first kappa shape index (κ1) is 15.2. The molecule has 23 heavy (non-hydrogen) atoms. The fourth-order valence-electron chi connectivity index (χ4n) is 2.24. The third kappa shape index (κ3) is 3.40. The SMILES string of the molecule is Cc1cc(C=CC(=O)OCc2ccno2)c(C)n1-c1nccs1. The van der Waals surface area contributed by atoms with Crippen LogP contribution in [0.15, 0.2) is 40.5 Å². The van der Waals surface area contributed by atoms with Crippen LogP contribution in [0, 0.1) is 13.8 Å². The number of esters is 1. The molecule has 0 atom stereocenters. The Kier molecular flexibility index (Phi) is 4.38. The van der Waals surface area contributed by atoms with Crippen molar-refractivity contribution in [3.8, 4) is 5.13 Å². The van der Waals surface area contributed by atoms with Crippen LogP contribution in [0.2, 0.25) is 0 Å². The third-order valence-electron chi connectivity index (χ3n) is 3.33. The molecule has 0 aliphatic heterocycles. The number of aryl methyl sites for hydroxylation is 1. The Morgan fingerprint density at radius 3 is 3.00 bits per heavy atom. The number of aromatic nitrogens is 3. The van der Waals surface area contributed by atoms with Gasteiger partial charge < -0.3 is 9.26 Å². The van der Waals surface area contributed by atoms with E-state index in [1.54, 1.807) is 29.7 Å². The van der Waals surface area contributed by atoms with Crippen molar-refractivity contribution in [2.45, 2.75) is 20.5 Å². The number of nitrogens with zero attached hydrogens (tertiary/aromatic N) is 3. The van der Waals surface area contributed by atoms with Gasteiger partial charge in [-0.1, -0.05) is 5.16 Å². The lowest BCUT2D eigenvalue weighted by Gasteiger charge is -2.04. The van der Waals surface area contributed by atoms with Crippen LogP contribution in [0.4, 0.5) is 0 Å². The van der Waals surface area contributed by atoms with Crippen LogP contribution < -0.4 is 0 Å². The molecule has 0 amide bonds. The Bertz CT molecular complexity index is 817. The van der Waals surface area contributed by atoms with Crippen molar-refractivity contribution in [2.75, 3.05) is 0 Å². The molecule has 0 N–H and O–H groups in total. The first-order valence-corrected chi connectivity index (χ1v) is 7.86. The number of carbonyl (C=O) groups is 1. The van der Waals surface area contributed by atoms with Crippen LogP contribution in [0.1, 0.15) is 22.7 Å². The van der Waals surface area contributed by atoms with E-state index < -0.39 is 5.97 Å². The van der Waals surface area contributed by atoms with Crippen LogP contribution in [0.25, 0.3) is 11.2 Å². The van der Waals surface area contributed by atoms with Crippen LogP contribution in [-0.4, -0.2) is 20.7 Å². The van der Waals surface area contributed by atoms with Crippen molar-refractivity contribution in [3.05, 3.63) is 58.7 Å². The normalized spacial score (nSPS) is 11.2. The van der Waals surface area contributed by atoms with Gasteiger partial charge in [0.2, 0.25) is 0 Å². The minimum atomic E-state index is -0.430. The van der Waals surface area contributed by atoms with Crippen LogP contribution in [-0.2, 0) is 16.1 Å². The number of hydrogen-bond donors (Lipinski definition) is 0. The summed E-state index contributed by atoms with van der Waals surface area (Å²) in [5.41, 5.74) is 3.04. The van der Waals surface area contributed by atoms with Gasteiger partial charge in [0.05, 0.1) is 6.20 Å². The number of hydrogen-bond acceptors (Lipinski definition) is 6. The summed E-state index contributed by atoms with van der Waals surface area (Å²) in [6, 6.07) is 3.66. The molecule has 0 radical (unpaired) electrons. The van der Waals surface area contributed by atoms with Gasteiger partial charge in [-0.15, -0.1) is 11.3 Å². The van der Waals surface area contributed by atoms with Crippen LogP contribution in [0.3, 0.4) is 0 Å². The predicted octanol–water partition coefficient (Wildman–Crippen LogP) is 3.30. The van der Waals surface area contributed by atoms with Crippen LogP contribution in [0.5, 0.6) is 0 Å². The first-order valence-electron chi connectivity index (χ1n) is 6.98. The fourth-order valence-corrected chi connectivity index (χ4v) is 2.99. The summed E-state index contributed by atoms with van der Waals surface area (Å²) in [5.74, 6) is 0.0779. The van der Waals surface area contributed by atoms with Crippen molar-refractivity contribution in [1.29, 1.82) is 0 Å². The summed E-state index contributed by atoms with van der Waals surface area (Å²) >= 11 is 1.57. The molecule has 6 nitrogen and oxygen atoms in total. The summed E-state index contributed by atoms with van der Waals surface area (Å²) in [6.07, 6.45) is 6.43. The summed E-state index contributed by atoms with van der Waals surface area (Å²) < 4.78 is 12.0. The van der Waals surface area contributed by atoms with E-state index in [2.05, 4.69) is 14.7 Å². The van der Waals surface area contributed by atoms with E-state index in [0.717, 1.165) is 22.1 Å². The summed E-state index contributed by atoms with van der Waals surface area (Å²) in [4.78, 5) is 16.1. The minimum absolute atomic E-state index is 0.0707. The highest BCUT2D eigenvalue weighted by atomic mass is 32.1. The zero-order chi connectivity index (χ0) is 16.2. The van der Waals surface area contributed by atoms with Crippen molar-refractivity contribution >= 4 is 23.4 Å². The Morgan fingerprint density at radius 1 is 1.43 bits per heavy atom. The average Bonchev–Trinajstić information content (AvgIpc) is 3.25. The van der Waals surface area contributed by atoms with Crippen molar-refractivity contribution in [1.82, 2.24) is 14.7 Å². The zero-order valence-corrected chi connectivity index (χ0v) is 13.5. The summed E-state index contributed by atoms with van der Waals surface area (Å²) in [5, 5.41) is 6.39. The second-order valence-corrected chi connectivity index (χ2v) is 5.77. The highest BCUT2D eigenvalue weighted by molar-refractivity contribution is 7.12. The summed E-state index contributed by atoms with van der Waals surface area (Å²) in [7, 11) is 0. The maximum Gasteiger partial charge on any atom is 0.331 e. The molecule has 0 unspecified atom stereocenters. The lowest BCUT2D eigenvalue weighted by atomic mass is 10.2. The van der Waals surface area contributed by atoms with Gasteiger partial charge in [0.15, 0.2) is 17.5 Å². The van der Waals surface area contributed by atoms with E-state index in [1.807, 2.05) is 25.3 Å². The first-order chi connectivity index (χ1) is 11.1. The number of carbonyl (C=O) groups excluding carboxylic acids is 1. The molecule has 0 saturated heterocycles. The molecule has 0 aliphatic carbocycles. The van der Waals surface area contributed by atoms with E-state index in [9.17, 15) is 4.79 Å². The quantitative estimate of drug-likeness (QED) is 0.530. The van der Waals surface area contributed by atoms with Crippen molar-refractivity contribution in [2.24, 2.45) is 0 Å². The lowest BCUT2D eigenvalue weighted by molar-refractivity contribution is -0.139. The highest BCUT2D eigenvalue weighted by Crippen LogP contribution is 2.23. The number of rotatable bonds is 5. The largest absolute Gasteiger partial charge is 0.454 e. The summed E-state index contributed by atoms with van der Waals surface area (Å²) in [6.45, 7) is 4.07. The van der Waals surface area contributed by atoms with Crippen molar-refractivity contribution < 1.29 is 14.1 Å². The van der Waals surface area contributed by atoms with Gasteiger partial charge in [0.25, 0.3) is 0 Å². The molecular formula is C16H15N3O3S. The maximum absolute atomic E-state index is 11.8. The topological polar surface area (TPSA) is 70.2 Å². The van der Waals surface area contributed by atoms with E-state index in [4.69, 9.17) is 9.26 Å². The standard InChI is InChI=1S/C16H15N3O3S/c1-11-9-13(12(2)19(11)16-17-7-8-23-16)3-4-15(20)21-10-14-5-6-18-22-14/h3-9H,10H2,1-2H3. The Balaban J connectivity index is 1.70. The van der Waals surface area contributed by atoms with Gasteiger partial charge in [0, 0.05) is 35.1 Å². The molecule has 0 bridgehead atoms. The van der Waals surface area contributed by atoms with Gasteiger partial charge in [-0.25, -0.2) is 9.78 Å². The Hall–Kier alpha value is -2.67. The molecule has 3 rings (SSSR count). The van der Waals surface area contributed by atoms with Gasteiger partial charge in [-0.3, -0.25) is 4.57 Å². The molecule has 7 heteroatoms. The molecule has 0 fully saturated rings. The third-order valence-corrected chi connectivity index (χ3v) is 4.08. The predicted molar refractivity (Wildman–Crippen MR) is 86.2 cm³/mol. The smallest absolute Gasteiger partial charge is 0.331 e. The lowest BCUT2D eigenvalue weighted by Crippen LogP contribution is -2.00. The molecule has 3 heterocycles. The van der Waals surface area contributed by atoms with Gasteiger partial charge in [-0.05, 0) is 31.6 Å². The van der Waals surface area contributed by atoms with Gasteiger partial charge >= 0.3 is 5.97 Å². The second-order valence-electron chi connectivity index (χ2n) is 4.90. The fraction of sp³-hybridized carbons (Fsp3) is 0.188. The molecule has 0 saturated carbocycles. The van der Waals surface area contributed by atoms with Crippen molar-refractivity contribution in [3.63, 3.8) is 0 Å². The van der Waals surface area contributed by atoms with Gasteiger partial charge in [-0.2, -0.15) is 0 Å². The number of thiazole rings is 1. The van der Waals surface area contributed by atoms with E-state index in [1.165, 1.54) is 12.3 Å². The minimum Gasteiger partial charge on any atom is -0.454 e. The molecule has 0 aromatic carbocycles. The number of ether oxygens (including phenoxy) is 1. The van der Waals surface area contributed by atoms with E-state index in [-0.39, 0.29) is 6.61 Å². The Labute approximate surface area is 137 Å². The van der Waals surface area contributed by atoms with E-state index >= 15 is 0 Å². The molecule has 0 aliphatic rings. The van der Waals surface area contributed by atoms with Crippen LogP contribution >= 0.6 is 11.3 Å². The van der Waals surface area contributed by atoms with E-state index in [0.29, 0.717) is 5.76 Å². The second kappa shape index (κ2) is 6.62. The molecular weight excluding hydrogens is 314 g/mol. The molecule has 118 valence electrons. The molecule has 3 aromatic rings. The maximum atomic E-state index is 11.8. The molecule has 3 aromatic heterocycles. The zero-order valence-electron chi connectivity index (χ0n) is 12.7. The Morgan fingerprint density at radius 2 is 2.30 bits per heavy atom. The highest BCUT2D eigenvalue weighted by Gasteiger charge is 2.11. The van der Waals surface area contributed by atoms with Gasteiger partial charge in [0.1, 0.15) is 0 Å². The molecule has 0 spiro atoms.